The molecule has 0 amide bonds. The molecule has 0 aliphatic carbocycles. The number of rotatable bonds is 8. The quantitative estimate of drug-likeness (QED) is 0.216. The molecule has 0 radical (unpaired) electrons. The third kappa shape index (κ3) is 4.95. The van der Waals surface area contributed by atoms with Crippen molar-refractivity contribution < 1.29 is 4.43 Å². The van der Waals surface area contributed by atoms with E-state index in [0.29, 0.717) is 0 Å². The van der Waals surface area contributed by atoms with Gasteiger partial charge in [0.15, 0.2) is 0 Å². The van der Waals surface area contributed by atoms with Gasteiger partial charge in [0.1, 0.15) is 0 Å². The molecule has 0 aliphatic rings. The Hall–Kier alpha value is -1.99. The summed E-state index contributed by atoms with van der Waals surface area (Å²) in [6.07, 6.45) is 4.08. The summed E-state index contributed by atoms with van der Waals surface area (Å²) in [6, 6.07) is 32.4. The molecule has 0 saturated carbocycles. The van der Waals surface area contributed by atoms with Gasteiger partial charge in [0, 0.05) is 0 Å². The Morgan fingerprint density at radius 2 is 1.17 bits per heavy atom. The molecule has 2 atom stereocenters. The molecule has 0 saturated heterocycles. The molecule has 29 heavy (non-hydrogen) atoms. The number of hydrogen-bond acceptors (Lipinski definition) is 1. The third-order valence-electron chi connectivity index (χ3n) is 5.35. The molecule has 0 N–H and O–H groups in total. The van der Waals surface area contributed by atoms with Gasteiger partial charge in [-0.05, 0) is 42.2 Å². The molecule has 1 nitrogen and oxygen atoms in total. The summed E-state index contributed by atoms with van der Waals surface area (Å²) in [4.78, 5) is 0. The van der Waals surface area contributed by atoms with Gasteiger partial charge in [0.05, 0.1) is 5.34 Å². The zero-order valence-electron chi connectivity index (χ0n) is 17.6. The van der Waals surface area contributed by atoms with Crippen LogP contribution in [0.5, 0.6) is 0 Å². The fourth-order valence-electron chi connectivity index (χ4n) is 3.64. The van der Waals surface area contributed by atoms with Crippen LogP contribution in [0.25, 0.3) is 0 Å². The van der Waals surface area contributed by atoms with Gasteiger partial charge in [-0.3, -0.25) is 0 Å². The van der Waals surface area contributed by atoms with Gasteiger partial charge < -0.3 is 4.43 Å². The van der Waals surface area contributed by atoms with Crippen LogP contribution in [-0.4, -0.2) is 13.7 Å². The van der Waals surface area contributed by atoms with Crippen LogP contribution in [0.3, 0.4) is 0 Å². The minimum Gasteiger partial charge on any atom is -0.395 e. The Kier molecular flexibility index (Phi) is 7.24. The van der Waals surface area contributed by atoms with Gasteiger partial charge in [-0.25, -0.2) is 0 Å². The second-order valence-electron chi connectivity index (χ2n) is 7.79. The van der Waals surface area contributed by atoms with E-state index in [9.17, 15) is 0 Å². The lowest BCUT2D eigenvalue weighted by molar-refractivity contribution is 0.162. The molecule has 2 unspecified atom stereocenters. The first-order valence-electron chi connectivity index (χ1n) is 10.3. The van der Waals surface area contributed by atoms with Gasteiger partial charge in [-0.2, -0.15) is 0 Å². The first-order chi connectivity index (χ1) is 14.0. The Balaban J connectivity index is 2.26. The normalized spacial score (nSPS) is 13.5. The van der Waals surface area contributed by atoms with Crippen LogP contribution in [0.4, 0.5) is 0 Å². The lowest BCUT2D eigenvalue weighted by Crippen LogP contribution is -2.71. The van der Waals surface area contributed by atoms with Crippen molar-refractivity contribution in [3.05, 3.63) is 103 Å². The number of allylic oxidation sites excluding steroid dienone is 1. The van der Waals surface area contributed by atoms with Crippen LogP contribution >= 0.6 is 9.24 Å². The molecule has 0 bridgehead atoms. The molecule has 0 aromatic heterocycles. The van der Waals surface area contributed by atoms with Gasteiger partial charge in [0.25, 0.3) is 8.32 Å². The first-order valence-corrected chi connectivity index (χ1v) is 12.8. The highest BCUT2D eigenvalue weighted by Gasteiger charge is 2.46. The van der Waals surface area contributed by atoms with E-state index < -0.39 is 8.32 Å². The highest BCUT2D eigenvalue weighted by atomic mass is 31.0. The van der Waals surface area contributed by atoms with Gasteiger partial charge in [-0.1, -0.05) is 110 Å². The van der Waals surface area contributed by atoms with Crippen LogP contribution < -0.4 is 15.6 Å². The summed E-state index contributed by atoms with van der Waals surface area (Å²) in [5.74, 6) is 0. The molecule has 3 aromatic carbocycles. The van der Waals surface area contributed by atoms with Crippen molar-refractivity contribution in [2.24, 2.45) is 0 Å². The van der Waals surface area contributed by atoms with E-state index in [1.54, 1.807) is 0 Å². The summed E-state index contributed by atoms with van der Waals surface area (Å²) in [6.45, 7) is 6.51. The molecule has 150 valence electrons. The van der Waals surface area contributed by atoms with E-state index in [2.05, 4.69) is 127 Å². The predicted molar refractivity (Wildman–Crippen MR) is 132 cm³/mol. The van der Waals surface area contributed by atoms with Crippen molar-refractivity contribution >= 4 is 33.1 Å². The van der Waals surface area contributed by atoms with E-state index >= 15 is 0 Å². The lowest BCUT2D eigenvalue weighted by atomic mass is 10.1. The lowest BCUT2D eigenvalue weighted by Gasteiger charge is -2.41. The van der Waals surface area contributed by atoms with E-state index in [1.165, 1.54) is 21.1 Å². The van der Waals surface area contributed by atoms with Crippen molar-refractivity contribution in [1.82, 2.24) is 0 Å². The fourth-order valence-corrected chi connectivity index (χ4v) is 8.46. The van der Waals surface area contributed by atoms with Crippen molar-refractivity contribution in [1.29, 1.82) is 0 Å². The molecule has 3 heteroatoms. The second kappa shape index (κ2) is 9.67. The second-order valence-corrected chi connectivity index (χ2v) is 12.1. The number of hydrogen-bond donors (Lipinski definition) is 0. The Labute approximate surface area is 179 Å². The van der Waals surface area contributed by atoms with Crippen LogP contribution in [0.2, 0.25) is 0 Å². The van der Waals surface area contributed by atoms with Crippen LogP contribution in [0.1, 0.15) is 33.6 Å². The Morgan fingerprint density at radius 1 is 0.793 bits per heavy atom. The molecule has 0 heterocycles. The van der Waals surface area contributed by atoms with E-state index in [4.69, 9.17) is 4.43 Å². The van der Waals surface area contributed by atoms with E-state index in [-0.39, 0.29) is 5.34 Å². The largest absolute Gasteiger partial charge is 0.395 e. The maximum Gasteiger partial charge on any atom is 0.289 e. The molecule has 3 aromatic rings. The third-order valence-corrected chi connectivity index (χ3v) is 10.5. The first kappa shape index (κ1) is 21.7. The standard InChI is InChI=1S/C26H31OPSi/c1-4-26(28,21-20-22(2)3)27-29(23-14-8-5-9-15-23,24-16-10-6-11-17-24)25-18-12-7-13-19-25/h5-20H,4,21,28H2,1-3H3. The summed E-state index contributed by atoms with van der Waals surface area (Å²) < 4.78 is 7.34. The maximum absolute atomic E-state index is 7.34. The van der Waals surface area contributed by atoms with Crippen LogP contribution in [0, 0.1) is 0 Å². The van der Waals surface area contributed by atoms with Crippen molar-refractivity contribution in [3.63, 3.8) is 0 Å². The summed E-state index contributed by atoms with van der Waals surface area (Å²) >= 11 is 0. The average Bonchev–Trinajstić information content (AvgIpc) is 2.78. The smallest absolute Gasteiger partial charge is 0.289 e. The Morgan fingerprint density at radius 3 is 1.48 bits per heavy atom. The number of benzene rings is 3. The van der Waals surface area contributed by atoms with Gasteiger partial charge in [0.2, 0.25) is 0 Å². The van der Waals surface area contributed by atoms with E-state index in [1.807, 2.05) is 0 Å². The highest BCUT2D eigenvalue weighted by molar-refractivity contribution is 7.19. The molecular formula is C26H31OPSi. The molecule has 0 fully saturated rings. The highest BCUT2D eigenvalue weighted by Crippen LogP contribution is 2.33. The topological polar surface area (TPSA) is 9.23 Å². The van der Waals surface area contributed by atoms with Crippen LogP contribution in [-0.2, 0) is 4.43 Å². The molecular weight excluding hydrogens is 387 g/mol. The average molecular weight is 419 g/mol. The minimum absolute atomic E-state index is 0.328. The van der Waals surface area contributed by atoms with Crippen molar-refractivity contribution in [2.75, 3.05) is 0 Å². The van der Waals surface area contributed by atoms with Gasteiger partial charge >= 0.3 is 0 Å². The molecule has 0 spiro atoms. The monoisotopic (exact) mass is 418 g/mol. The van der Waals surface area contributed by atoms with Crippen molar-refractivity contribution in [3.8, 4) is 0 Å². The summed E-state index contributed by atoms with van der Waals surface area (Å²) in [7, 11) is 0.339. The molecule has 3 rings (SSSR count). The fraction of sp³-hybridized carbons (Fsp3) is 0.231. The van der Waals surface area contributed by atoms with E-state index in [0.717, 1.165) is 12.8 Å². The predicted octanol–water partition coefficient (Wildman–Crippen LogP) is 5.01. The summed E-state index contributed by atoms with van der Waals surface area (Å²) in [5, 5.41) is 3.49. The van der Waals surface area contributed by atoms with Crippen LogP contribution in [0.15, 0.2) is 103 Å². The zero-order valence-corrected chi connectivity index (χ0v) is 19.8. The summed E-state index contributed by atoms with van der Waals surface area (Å²) in [5.41, 5.74) is 1.32. The SMILES string of the molecule is CCC(P)(CC=C(C)C)O[Si](c1ccccc1)(c1ccccc1)c1ccccc1. The van der Waals surface area contributed by atoms with Crippen molar-refractivity contribution in [2.45, 2.75) is 39.0 Å². The molecule has 0 aliphatic heterocycles. The Bertz CT molecular complexity index is 824. The zero-order chi connectivity index (χ0) is 20.7. The maximum atomic E-state index is 7.34. The minimum atomic E-state index is -2.70. The van der Waals surface area contributed by atoms with Gasteiger partial charge in [-0.15, -0.1) is 9.24 Å².